The van der Waals surface area contributed by atoms with Gasteiger partial charge in [0.25, 0.3) is 5.91 Å². The number of amides is 2. The zero-order valence-corrected chi connectivity index (χ0v) is 21.1. The number of imidazole rings is 1. The maximum absolute atomic E-state index is 13.8. The molecule has 0 radical (unpaired) electrons. The molecule has 1 aromatic carbocycles. The SMILES string of the molecule is Cc1cc(NC(=O)C2NNC(n3ccnc3)CC23CCCCCCCCCC3)c(C(N)=O)cc1C. The highest BCUT2D eigenvalue weighted by molar-refractivity contribution is 6.04. The Bertz CT molecular complexity index is 1010. The average molecular weight is 481 g/mol. The van der Waals surface area contributed by atoms with Gasteiger partial charge >= 0.3 is 0 Å². The van der Waals surface area contributed by atoms with E-state index in [4.69, 9.17) is 5.73 Å². The summed E-state index contributed by atoms with van der Waals surface area (Å²) in [5.74, 6) is -0.662. The fraction of sp³-hybridized carbons (Fsp3) is 0.593. The molecule has 1 saturated heterocycles. The van der Waals surface area contributed by atoms with Crippen LogP contribution >= 0.6 is 0 Å². The van der Waals surface area contributed by atoms with E-state index in [1.807, 2.05) is 32.4 Å². The number of hydrogen-bond donors (Lipinski definition) is 4. The quantitative estimate of drug-likeness (QED) is 0.514. The van der Waals surface area contributed by atoms with Crippen LogP contribution in [-0.2, 0) is 4.79 Å². The average Bonchev–Trinajstić information content (AvgIpc) is 3.35. The number of aromatic nitrogens is 2. The summed E-state index contributed by atoms with van der Waals surface area (Å²) in [6, 6.07) is 3.19. The Labute approximate surface area is 208 Å². The molecule has 2 amide bonds. The van der Waals surface area contributed by atoms with Crippen LogP contribution in [0, 0.1) is 19.3 Å². The number of carbonyl (C=O) groups excluding carboxylic acids is 2. The van der Waals surface area contributed by atoms with Gasteiger partial charge in [-0.25, -0.2) is 15.8 Å². The summed E-state index contributed by atoms with van der Waals surface area (Å²) in [5.41, 5.74) is 15.0. The van der Waals surface area contributed by atoms with Crippen LogP contribution in [0.15, 0.2) is 30.9 Å². The number of nitrogens with zero attached hydrogens (tertiary/aromatic N) is 2. The Balaban J connectivity index is 1.63. The molecule has 2 atom stereocenters. The van der Waals surface area contributed by atoms with Crippen molar-refractivity contribution in [2.24, 2.45) is 11.1 Å². The first kappa shape index (κ1) is 25.4. The first-order valence-corrected chi connectivity index (χ1v) is 13.1. The predicted molar refractivity (Wildman–Crippen MR) is 138 cm³/mol. The zero-order chi connectivity index (χ0) is 24.8. The van der Waals surface area contributed by atoms with E-state index in [2.05, 4.69) is 25.7 Å². The van der Waals surface area contributed by atoms with Gasteiger partial charge in [-0.05, 0) is 61.8 Å². The zero-order valence-electron chi connectivity index (χ0n) is 21.1. The van der Waals surface area contributed by atoms with Crippen LogP contribution in [0.4, 0.5) is 5.69 Å². The number of hydrogen-bond acceptors (Lipinski definition) is 5. The Morgan fingerprint density at radius 3 is 2.23 bits per heavy atom. The number of hydrazine groups is 1. The van der Waals surface area contributed by atoms with Crippen LogP contribution < -0.4 is 21.9 Å². The van der Waals surface area contributed by atoms with E-state index in [1.165, 1.54) is 38.5 Å². The van der Waals surface area contributed by atoms with Crippen LogP contribution in [0.25, 0.3) is 0 Å². The topological polar surface area (TPSA) is 114 Å². The molecule has 35 heavy (non-hydrogen) atoms. The second kappa shape index (κ2) is 11.4. The van der Waals surface area contributed by atoms with Crippen molar-refractivity contribution in [3.05, 3.63) is 47.5 Å². The van der Waals surface area contributed by atoms with Crippen LogP contribution in [0.2, 0.25) is 0 Å². The highest BCUT2D eigenvalue weighted by Crippen LogP contribution is 2.44. The van der Waals surface area contributed by atoms with Crippen molar-refractivity contribution in [1.82, 2.24) is 20.4 Å². The van der Waals surface area contributed by atoms with Crippen molar-refractivity contribution < 1.29 is 9.59 Å². The highest BCUT2D eigenvalue weighted by Gasteiger charge is 2.47. The first-order chi connectivity index (χ1) is 16.9. The Morgan fingerprint density at radius 2 is 1.63 bits per heavy atom. The second-order valence-electron chi connectivity index (χ2n) is 10.5. The largest absolute Gasteiger partial charge is 0.366 e. The molecule has 5 N–H and O–H groups in total. The lowest BCUT2D eigenvalue weighted by atomic mass is 9.68. The fourth-order valence-electron chi connectivity index (χ4n) is 5.82. The lowest BCUT2D eigenvalue weighted by Crippen LogP contribution is -2.63. The lowest BCUT2D eigenvalue weighted by molar-refractivity contribution is -0.125. The van der Waals surface area contributed by atoms with Gasteiger partial charge in [-0.3, -0.25) is 9.59 Å². The second-order valence-corrected chi connectivity index (χ2v) is 10.5. The highest BCUT2D eigenvalue weighted by atomic mass is 16.2. The summed E-state index contributed by atoms with van der Waals surface area (Å²) in [6.45, 7) is 3.91. The molecule has 1 aliphatic carbocycles. The maximum Gasteiger partial charge on any atom is 0.250 e. The Morgan fingerprint density at radius 1 is 1.00 bits per heavy atom. The van der Waals surface area contributed by atoms with Gasteiger partial charge in [0.1, 0.15) is 6.04 Å². The van der Waals surface area contributed by atoms with E-state index in [-0.39, 0.29) is 17.5 Å². The van der Waals surface area contributed by atoms with Gasteiger partial charge in [0.05, 0.1) is 23.7 Å². The van der Waals surface area contributed by atoms with Gasteiger partial charge in [0.2, 0.25) is 5.91 Å². The summed E-state index contributed by atoms with van der Waals surface area (Å²) >= 11 is 0. The molecule has 8 heteroatoms. The molecule has 2 fully saturated rings. The third-order valence-corrected chi connectivity index (χ3v) is 8.01. The summed E-state index contributed by atoms with van der Waals surface area (Å²) < 4.78 is 2.07. The van der Waals surface area contributed by atoms with Crippen molar-refractivity contribution in [2.75, 3.05) is 5.32 Å². The van der Waals surface area contributed by atoms with Gasteiger partial charge < -0.3 is 15.6 Å². The number of primary amides is 1. The maximum atomic E-state index is 13.8. The minimum absolute atomic E-state index is 0.0227. The summed E-state index contributed by atoms with van der Waals surface area (Å²) in [6.07, 6.45) is 18.1. The monoisotopic (exact) mass is 480 g/mol. The summed E-state index contributed by atoms with van der Waals surface area (Å²) in [4.78, 5) is 30.2. The third-order valence-electron chi connectivity index (χ3n) is 8.01. The van der Waals surface area contributed by atoms with Crippen molar-refractivity contribution in [1.29, 1.82) is 0 Å². The van der Waals surface area contributed by atoms with Gasteiger partial charge in [-0.15, -0.1) is 0 Å². The van der Waals surface area contributed by atoms with Crippen LogP contribution in [0.1, 0.15) is 98.3 Å². The lowest BCUT2D eigenvalue weighted by Gasteiger charge is -2.48. The minimum Gasteiger partial charge on any atom is -0.366 e. The van der Waals surface area contributed by atoms with Crippen LogP contribution in [0.5, 0.6) is 0 Å². The number of benzene rings is 1. The van der Waals surface area contributed by atoms with Gasteiger partial charge in [0, 0.05) is 12.4 Å². The van der Waals surface area contributed by atoms with Crippen molar-refractivity contribution in [3.63, 3.8) is 0 Å². The molecule has 1 aromatic heterocycles. The van der Waals surface area contributed by atoms with E-state index in [0.29, 0.717) is 11.3 Å². The molecule has 8 nitrogen and oxygen atoms in total. The van der Waals surface area contributed by atoms with Gasteiger partial charge in [0.15, 0.2) is 0 Å². The number of anilines is 1. The van der Waals surface area contributed by atoms with E-state index < -0.39 is 11.9 Å². The molecular formula is C27H40N6O2. The molecule has 2 aromatic rings. The molecule has 2 heterocycles. The number of rotatable bonds is 4. The van der Waals surface area contributed by atoms with E-state index in [0.717, 1.165) is 43.2 Å². The smallest absolute Gasteiger partial charge is 0.250 e. The minimum atomic E-state index is -0.539. The molecule has 1 saturated carbocycles. The Hall–Kier alpha value is -2.71. The van der Waals surface area contributed by atoms with E-state index in [9.17, 15) is 9.59 Å². The first-order valence-electron chi connectivity index (χ1n) is 13.1. The van der Waals surface area contributed by atoms with Crippen molar-refractivity contribution in [2.45, 2.75) is 96.7 Å². The molecule has 2 aliphatic rings. The van der Waals surface area contributed by atoms with Crippen LogP contribution in [0.3, 0.4) is 0 Å². The molecule has 4 rings (SSSR count). The molecule has 1 aliphatic heterocycles. The molecule has 1 spiro atoms. The summed E-state index contributed by atoms with van der Waals surface area (Å²) in [7, 11) is 0. The van der Waals surface area contributed by atoms with Gasteiger partial charge in [-0.1, -0.05) is 51.4 Å². The number of aryl methyl sites for hydroxylation is 2. The Kier molecular flexibility index (Phi) is 8.23. The molecule has 2 unspecified atom stereocenters. The number of nitrogens with one attached hydrogen (secondary N) is 3. The number of carbonyl (C=O) groups is 2. The van der Waals surface area contributed by atoms with Crippen molar-refractivity contribution in [3.8, 4) is 0 Å². The third kappa shape index (κ3) is 5.93. The standard InChI is InChI=1S/C27H40N6O2/c1-19-15-21(25(28)34)22(16-20(19)2)30-26(35)24-27(11-9-7-5-3-4-6-8-10-12-27)17-23(31-32-24)33-14-13-29-18-33/h13-16,18,23-24,31-32H,3-12,17H2,1-2H3,(H2,28,34)(H,30,35). The fourth-order valence-corrected chi connectivity index (χ4v) is 5.82. The van der Waals surface area contributed by atoms with Gasteiger partial charge in [-0.2, -0.15) is 0 Å². The van der Waals surface area contributed by atoms with Crippen LogP contribution in [-0.4, -0.2) is 27.4 Å². The van der Waals surface area contributed by atoms with Crippen molar-refractivity contribution >= 4 is 17.5 Å². The number of nitrogens with two attached hydrogens (primary N) is 1. The molecule has 0 bridgehead atoms. The molecule has 190 valence electrons. The van der Waals surface area contributed by atoms with E-state index >= 15 is 0 Å². The normalized spacial score (nSPS) is 23.4. The van der Waals surface area contributed by atoms with E-state index in [1.54, 1.807) is 12.3 Å². The summed E-state index contributed by atoms with van der Waals surface area (Å²) in [5, 5.41) is 3.07. The predicted octanol–water partition coefficient (Wildman–Crippen LogP) is 4.50. The molecular weight excluding hydrogens is 440 g/mol.